The summed E-state index contributed by atoms with van der Waals surface area (Å²) in [5.74, 6) is -1.95. The smallest absolute Gasteiger partial charge is 0.339 e. The predicted molar refractivity (Wildman–Crippen MR) is 179 cm³/mol. The molecule has 0 aliphatic carbocycles. The molecule has 3 heterocycles. The molecular formula is C36H51N3O9. The van der Waals surface area contributed by atoms with E-state index < -0.39 is 58.8 Å². The highest BCUT2D eigenvalue weighted by atomic mass is 16.6. The van der Waals surface area contributed by atoms with Gasteiger partial charge in [0.2, 0.25) is 17.4 Å². The fourth-order valence-electron chi connectivity index (χ4n) is 6.61. The number of esters is 1. The van der Waals surface area contributed by atoms with Crippen LogP contribution in [0.5, 0.6) is 0 Å². The standard InChI is InChI=1S/C36H51N3O9/c1-23(16-12-9-10-13-17-27-21-37-22-47-27)30(41)34(5,6)32(43)38-19-15-11-14-18-28(40)24(2)20-29(46-8)36(45)25(3)31(42)39(7)35(36)26(4)48-33(35)44/h9-16,18,21-22,24-26,28-30,40-41,45H,17,19-20H2,1-8H3,(H,38,43)/b12-9-,13-10+,15-11+,18-14+,23-16-/t24?,25-,26+,28?,29?,30?,35+,36+/m0/s1. The molecule has 12 nitrogen and oxygen atoms in total. The van der Waals surface area contributed by atoms with Gasteiger partial charge in [0.15, 0.2) is 6.39 Å². The number of nitrogens with one attached hydrogen (secondary N) is 1. The molecule has 2 fully saturated rings. The maximum Gasteiger partial charge on any atom is 0.339 e. The Morgan fingerprint density at radius 3 is 2.46 bits per heavy atom. The molecule has 2 amide bonds. The molecule has 48 heavy (non-hydrogen) atoms. The van der Waals surface area contributed by atoms with Gasteiger partial charge in [0.05, 0.1) is 35.8 Å². The van der Waals surface area contributed by atoms with Gasteiger partial charge in [-0.25, -0.2) is 9.78 Å². The van der Waals surface area contributed by atoms with Crippen LogP contribution in [0.2, 0.25) is 0 Å². The molecule has 3 rings (SSSR count). The Balaban J connectivity index is 1.50. The third-order valence-corrected chi connectivity index (χ3v) is 9.78. The topological polar surface area (TPSA) is 172 Å². The highest BCUT2D eigenvalue weighted by Gasteiger charge is 2.80. The first-order chi connectivity index (χ1) is 22.6. The Hall–Kier alpha value is -3.84. The van der Waals surface area contributed by atoms with Crippen LogP contribution in [0.1, 0.15) is 53.7 Å². The summed E-state index contributed by atoms with van der Waals surface area (Å²) < 4.78 is 16.0. The molecular weight excluding hydrogens is 618 g/mol. The number of ether oxygens (including phenoxy) is 2. The summed E-state index contributed by atoms with van der Waals surface area (Å²) in [5, 5.41) is 36.5. The summed E-state index contributed by atoms with van der Waals surface area (Å²) in [5.41, 5.74) is -3.87. The van der Waals surface area contributed by atoms with E-state index in [4.69, 9.17) is 13.9 Å². The van der Waals surface area contributed by atoms with E-state index in [0.29, 0.717) is 12.0 Å². The third-order valence-electron chi connectivity index (χ3n) is 9.78. The molecule has 1 spiro atoms. The molecule has 8 atom stereocenters. The molecule has 264 valence electrons. The summed E-state index contributed by atoms with van der Waals surface area (Å²) >= 11 is 0. The number of aromatic nitrogens is 1. The molecule has 2 saturated heterocycles. The van der Waals surface area contributed by atoms with Crippen LogP contribution >= 0.6 is 0 Å². The minimum absolute atomic E-state index is 0.160. The maximum atomic E-state index is 12.9. The number of aliphatic hydroxyl groups is 3. The number of likely N-dealkylation sites (N-methyl/N-ethyl adjacent to an activating group) is 1. The maximum absolute atomic E-state index is 12.9. The summed E-state index contributed by atoms with van der Waals surface area (Å²) in [6, 6.07) is 0. The Labute approximate surface area is 282 Å². The number of aliphatic hydroxyl groups excluding tert-OH is 2. The van der Waals surface area contributed by atoms with E-state index in [0.717, 1.165) is 5.76 Å². The van der Waals surface area contributed by atoms with Gasteiger partial charge in [0, 0.05) is 27.1 Å². The third kappa shape index (κ3) is 7.41. The molecule has 0 saturated carbocycles. The molecule has 2 aliphatic heterocycles. The molecule has 1 aromatic heterocycles. The van der Waals surface area contributed by atoms with E-state index in [1.165, 1.54) is 25.5 Å². The Morgan fingerprint density at radius 2 is 1.85 bits per heavy atom. The number of carbonyl (C=O) groups is 3. The summed E-state index contributed by atoms with van der Waals surface area (Å²) in [7, 11) is 2.89. The second-order valence-corrected chi connectivity index (χ2v) is 13.2. The molecule has 0 aromatic carbocycles. The summed E-state index contributed by atoms with van der Waals surface area (Å²) in [4.78, 5) is 43.7. The predicted octanol–water partition coefficient (Wildman–Crippen LogP) is 2.82. The zero-order chi connectivity index (χ0) is 35.9. The number of rotatable bonds is 16. The van der Waals surface area contributed by atoms with Gasteiger partial charge in [-0.3, -0.25) is 9.59 Å². The minimum Gasteiger partial charge on any atom is -0.457 e. The van der Waals surface area contributed by atoms with E-state index >= 15 is 0 Å². The van der Waals surface area contributed by atoms with Gasteiger partial charge < -0.3 is 39.4 Å². The Kier molecular flexibility index (Phi) is 12.9. The average Bonchev–Trinajstić information content (AvgIpc) is 3.63. The number of oxazole rings is 1. The second kappa shape index (κ2) is 16.0. The molecule has 4 N–H and O–H groups in total. The van der Waals surface area contributed by atoms with Crippen molar-refractivity contribution in [2.45, 2.75) is 89.9 Å². The molecule has 1 aromatic rings. The van der Waals surface area contributed by atoms with Crippen molar-refractivity contribution in [2.75, 3.05) is 20.7 Å². The van der Waals surface area contributed by atoms with Crippen molar-refractivity contribution in [1.29, 1.82) is 0 Å². The number of hydrogen-bond acceptors (Lipinski definition) is 10. The molecule has 12 heteroatoms. The van der Waals surface area contributed by atoms with E-state index in [1.54, 1.807) is 84.2 Å². The lowest BCUT2D eigenvalue weighted by Gasteiger charge is -2.55. The number of allylic oxidation sites excluding steroid dienone is 7. The lowest BCUT2D eigenvalue weighted by molar-refractivity contribution is -0.255. The van der Waals surface area contributed by atoms with Crippen molar-refractivity contribution < 1.29 is 43.6 Å². The van der Waals surface area contributed by atoms with Gasteiger partial charge in [0.1, 0.15) is 17.5 Å². The van der Waals surface area contributed by atoms with E-state index in [1.807, 2.05) is 18.2 Å². The molecule has 0 radical (unpaired) electrons. The fourth-order valence-corrected chi connectivity index (χ4v) is 6.61. The summed E-state index contributed by atoms with van der Waals surface area (Å²) in [6.45, 7) is 10.3. The molecule has 2 aliphatic rings. The SMILES string of the molecule is COC(CC(C)C(O)/C=C/C=C/CNC(=O)C(C)(C)C(O)\C(C)=C/C=C\C=C\Cc1cnco1)[C@]1(O)[C@@H](C)C(=O)N(C)[C@]12C(=O)O[C@@H]2C. The fraction of sp³-hybridized carbons (Fsp3) is 0.556. The zero-order valence-electron chi connectivity index (χ0n) is 29.1. The number of methoxy groups -OCH3 is 1. The highest BCUT2D eigenvalue weighted by molar-refractivity contribution is 5.99. The minimum atomic E-state index is -1.86. The van der Waals surface area contributed by atoms with Crippen molar-refractivity contribution in [1.82, 2.24) is 15.2 Å². The van der Waals surface area contributed by atoms with Gasteiger partial charge in [0.25, 0.3) is 0 Å². The monoisotopic (exact) mass is 669 g/mol. The van der Waals surface area contributed by atoms with E-state index in [9.17, 15) is 29.7 Å². The number of hydrogen-bond donors (Lipinski definition) is 4. The van der Waals surface area contributed by atoms with Gasteiger partial charge in [-0.15, -0.1) is 0 Å². The van der Waals surface area contributed by atoms with Gasteiger partial charge in [-0.1, -0.05) is 68.5 Å². The Bertz CT molecular complexity index is 1430. The van der Waals surface area contributed by atoms with Gasteiger partial charge in [-0.2, -0.15) is 0 Å². The number of cyclic esters (lactones) is 1. The summed E-state index contributed by atoms with van der Waals surface area (Å²) in [6.07, 6.45) is 16.0. The molecule has 0 bridgehead atoms. The van der Waals surface area contributed by atoms with Crippen LogP contribution in [0, 0.1) is 17.3 Å². The van der Waals surface area contributed by atoms with Crippen LogP contribution in [0.15, 0.2) is 77.3 Å². The first-order valence-electron chi connectivity index (χ1n) is 16.2. The number of carbonyl (C=O) groups excluding carboxylic acids is 3. The van der Waals surface area contributed by atoms with Crippen molar-refractivity contribution in [3.63, 3.8) is 0 Å². The zero-order valence-corrected chi connectivity index (χ0v) is 29.1. The number of nitrogens with zero attached hydrogens (tertiary/aromatic N) is 2. The van der Waals surface area contributed by atoms with Crippen molar-refractivity contribution >= 4 is 17.8 Å². The number of likely N-dealkylation sites (tertiary alicyclic amines) is 1. The lowest BCUT2D eigenvalue weighted by atomic mass is 9.65. The van der Waals surface area contributed by atoms with E-state index in [2.05, 4.69) is 10.3 Å². The van der Waals surface area contributed by atoms with Gasteiger partial charge >= 0.3 is 5.97 Å². The van der Waals surface area contributed by atoms with Crippen LogP contribution in [0.3, 0.4) is 0 Å². The van der Waals surface area contributed by atoms with Crippen molar-refractivity contribution in [3.05, 3.63) is 78.6 Å². The van der Waals surface area contributed by atoms with Crippen LogP contribution in [0.4, 0.5) is 0 Å². The number of amides is 2. The van der Waals surface area contributed by atoms with Crippen LogP contribution in [0.25, 0.3) is 0 Å². The van der Waals surface area contributed by atoms with Crippen LogP contribution in [-0.4, -0.2) is 99.2 Å². The molecule has 4 unspecified atom stereocenters. The van der Waals surface area contributed by atoms with Crippen molar-refractivity contribution in [2.24, 2.45) is 17.3 Å². The second-order valence-electron chi connectivity index (χ2n) is 13.2. The first-order valence-corrected chi connectivity index (χ1v) is 16.2. The van der Waals surface area contributed by atoms with Gasteiger partial charge in [-0.05, 0) is 45.6 Å². The Morgan fingerprint density at radius 1 is 1.17 bits per heavy atom. The lowest BCUT2D eigenvalue weighted by Crippen LogP contribution is -2.80. The largest absolute Gasteiger partial charge is 0.457 e. The first kappa shape index (κ1) is 38.6. The normalized spacial score (nSPS) is 27.7. The quantitative estimate of drug-likeness (QED) is 0.152. The van der Waals surface area contributed by atoms with Crippen molar-refractivity contribution in [3.8, 4) is 0 Å². The van der Waals surface area contributed by atoms with Crippen LogP contribution in [-0.2, 0) is 30.3 Å². The van der Waals surface area contributed by atoms with E-state index in [-0.39, 0.29) is 24.8 Å². The highest BCUT2D eigenvalue weighted by Crippen LogP contribution is 2.54. The van der Waals surface area contributed by atoms with Crippen LogP contribution < -0.4 is 5.32 Å². The average molecular weight is 670 g/mol.